The van der Waals surface area contributed by atoms with E-state index in [4.69, 9.17) is 9.47 Å². The zero-order chi connectivity index (χ0) is 21.8. The normalized spacial score (nSPS) is 16.4. The van der Waals surface area contributed by atoms with Crippen molar-refractivity contribution in [2.45, 2.75) is 6.92 Å². The average molecular weight is 491 g/mol. The third-order valence-corrected chi connectivity index (χ3v) is 5.90. The lowest BCUT2D eigenvalue weighted by atomic mass is 10.2. The number of likely N-dealkylation sites (N-methyl/N-ethyl adjacent to an activating group) is 1. The Morgan fingerprint density at radius 3 is 2.57 bits per heavy atom. The number of carbonyl (C=O) groups excluding carboxylic acids is 2. The molecular formula is C21H19BrN2O5S. The number of ether oxygens (including phenoxy) is 2. The maximum atomic E-state index is 12.8. The van der Waals surface area contributed by atoms with Crippen LogP contribution in [-0.2, 0) is 9.53 Å². The number of phenols is 1. The number of benzene rings is 2. The lowest BCUT2D eigenvalue weighted by Crippen LogP contribution is -2.28. The zero-order valence-electron chi connectivity index (χ0n) is 16.5. The summed E-state index contributed by atoms with van der Waals surface area (Å²) in [6, 6.07) is 10.00. The maximum Gasteiger partial charge on any atom is 0.337 e. The lowest BCUT2D eigenvalue weighted by Gasteiger charge is -2.12. The Balaban J connectivity index is 1.91. The summed E-state index contributed by atoms with van der Waals surface area (Å²) >= 11 is 4.54. The fourth-order valence-corrected chi connectivity index (χ4v) is 4.28. The maximum absolute atomic E-state index is 12.8. The van der Waals surface area contributed by atoms with Crippen molar-refractivity contribution in [3.05, 3.63) is 56.9 Å². The topological polar surface area (TPSA) is 88.4 Å². The van der Waals surface area contributed by atoms with Gasteiger partial charge >= 0.3 is 5.97 Å². The first-order valence-corrected chi connectivity index (χ1v) is 10.5. The highest BCUT2D eigenvalue weighted by molar-refractivity contribution is 9.10. The van der Waals surface area contributed by atoms with Gasteiger partial charge in [0.2, 0.25) is 0 Å². The van der Waals surface area contributed by atoms with Gasteiger partial charge in [0, 0.05) is 6.54 Å². The van der Waals surface area contributed by atoms with E-state index < -0.39 is 5.97 Å². The molecule has 0 saturated carbocycles. The first-order chi connectivity index (χ1) is 14.4. The number of carbonyl (C=O) groups is 2. The summed E-state index contributed by atoms with van der Waals surface area (Å²) in [6.45, 7) is 2.34. The number of phenolic OH excluding ortho intramolecular Hbond substituents is 1. The number of aromatic hydroxyl groups is 1. The summed E-state index contributed by atoms with van der Waals surface area (Å²) in [7, 11) is 2.79. The van der Waals surface area contributed by atoms with E-state index in [0.29, 0.717) is 43.7 Å². The fraction of sp³-hybridized carbons (Fsp3) is 0.190. The number of methoxy groups -OCH3 is 2. The smallest absolute Gasteiger partial charge is 0.337 e. The van der Waals surface area contributed by atoms with E-state index in [9.17, 15) is 14.7 Å². The van der Waals surface area contributed by atoms with Crippen molar-refractivity contribution < 1.29 is 24.2 Å². The molecular weight excluding hydrogens is 472 g/mol. The van der Waals surface area contributed by atoms with Crippen molar-refractivity contribution in [1.82, 2.24) is 4.90 Å². The van der Waals surface area contributed by atoms with Gasteiger partial charge in [-0.15, -0.1) is 0 Å². The van der Waals surface area contributed by atoms with Crippen LogP contribution < -0.4 is 4.74 Å². The summed E-state index contributed by atoms with van der Waals surface area (Å²) in [4.78, 5) is 31.0. The van der Waals surface area contributed by atoms with Crippen molar-refractivity contribution in [2.24, 2.45) is 4.99 Å². The summed E-state index contributed by atoms with van der Waals surface area (Å²) in [5, 5.41) is 10.5. The van der Waals surface area contributed by atoms with E-state index in [-0.39, 0.29) is 11.7 Å². The number of nitrogens with zero attached hydrogens (tertiary/aromatic N) is 2. The van der Waals surface area contributed by atoms with E-state index in [1.165, 1.54) is 26.0 Å². The Labute approximate surface area is 186 Å². The second-order valence-electron chi connectivity index (χ2n) is 6.15. The molecule has 1 aliphatic heterocycles. The minimum Gasteiger partial charge on any atom is -0.503 e. The molecule has 7 nitrogen and oxygen atoms in total. The van der Waals surface area contributed by atoms with Gasteiger partial charge in [-0.3, -0.25) is 9.69 Å². The molecule has 0 bridgehead atoms. The molecule has 1 fully saturated rings. The number of hydrogen-bond donors (Lipinski definition) is 1. The quantitative estimate of drug-likeness (QED) is 0.487. The number of halogens is 1. The van der Waals surface area contributed by atoms with E-state index in [0.717, 1.165) is 0 Å². The van der Waals surface area contributed by atoms with Crippen LogP contribution in [0.5, 0.6) is 11.5 Å². The molecule has 30 heavy (non-hydrogen) atoms. The van der Waals surface area contributed by atoms with Crippen molar-refractivity contribution in [3.63, 3.8) is 0 Å². The van der Waals surface area contributed by atoms with Crippen molar-refractivity contribution in [1.29, 1.82) is 0 Å². The van der Waals surface area contributed by atoms with Gasteiger partial charge in [-0.05, 0) is 82.7 Å². The third kappa shape index (κ3) is 4.52. The first-order valence-electron chi connectivity index (χ1n) is 8.93. The molecule has 1 heterocycles. The Morgan fingerprint density at radius 1 is 1.27 bits per heavy atom. The van der Waals surface area contributed by atoms with Gasteiger partial charge in [-0.25, -0.2) is 9.79 Å². The standard InChI is InChI=1S/C21H19BrN2O5S/c1-4-24-19(26)17(11-12-9-15(22)18(25)16(10-12)28-2)30-21(24)23-14-7-5-13(6-8-14)20(27)29-3/h5-11,25H,4H2,1-3H3/b17-11+,23-21?. The Bertz CT molecular complexity index is 1050. The molecule has 0 aromatic heterocycles. The van der Waals surface area contributed by atoms with Crippen LogP contribution in [-0.4, -0.2) is 47.8 Å². The number of hydrogen-bond acceptors (Lipinski definition) is 7. The van der Waals surface area contributed by atoms with Gasteiger partial charge in [0.05, 0.1) is 34.8 Å². The molecule has 0 radical (unpaired) electrons. The van der Waals surface area contributed by atoms with E-state index in [1.54, 1.807) is 47.4 Å². The predicted molar refractivity (Wildman–Crippen MR) is 120 cm³/mol. The van der Waals surface area contributed by atoms with Gasteiger partial charge in [0.25, 0.3) is 5.91 Å². The fourth-order valence-electron chi connectivity index (χ4n) is 2.75. The summed E-state index contributed by atoms with van der Waals surface area (Å²) in [5.74, 6) is -0.275. The number of esters is 1. The highest BCUT2D eigenvalue weighted by Crippen LogP contribution is 2.38. The molecule has 0 atom stereocenters. The van der Waals surface area contributed by atoms with Crippen LogP contribution in [0.4, 0.5) is 5.69 Å². The number of amidine groups is 1. The minimum atomic E-state index is -0.421. The second kappa shape index (κ2) is 9.36. The van der Waals surface area contributed by atoms with Gasteiger partial charge in [0.15, 0.2) is 16.7 Å². The summed E-state index contributed by atoms with van der Waals surface area (Å²) < 4.78 is 10.3. The van der Waals surface area contributed by atoms with Crippen LogP contribution in [0.1, 0.15) is 22.8 Å². The van der Waals surface area contributed by atoms with Crippen molar-refractivity contribution in [3.8, 4) is 11.5 Å². The molecule has 1 amide bonds. The average Bonchev–Trinajstić information content (AvgIpc) is 3.04. The largest absolute Gasteiger partial charge is 0.503 e. The predicted octanol–water partition coefficient (Wildman–Crippen LogP) is 4.57. The van der Waals surface area contributed by atoms with Crippen LogP contribution in [0.15, 0.2) is 50.8 Å². The molecule has 0 aliphatic carbocycles. The van der Waals surface area contributed by atoms with E-state index >= 15 is 0 Å². The SMILES string of the molecule is CCN1C(=O)/C(=C\c2cc(Br)c(O)c(OC)c2)SC1=Nc1ccc(C(=O)OC)cc1. The number of rotatable bonds is 5. The van der Waals surface area contributed by atoms with Crippen LogP contribution in [0.3, 0.4) is 0 Å². The number of amides is 1. The van der Waals surface area contributed by atoms with Crippen LogP contribution in [0.2, 0.25) is 0 Å². The molecule has 2 aromatic rings. The molecule has 1 saturated heterocycles. The molecule has 156 valence electrons. The Morgan fingerprint density at radius 2 is 1.97 bits per heavy atom. The summed E-state index contributed by atoms with van der Waals surface area (Å²) in [5.41, 5.74) is 1.75. The first kappa shape index (κ1) is 21.9. The van der Waals surface area contributed by atoms with Crippen molar-refractivity contribution >= 4 is 56.5 Å². The number of thioether (sulfide) groups is 1. The molecule has 2 aromatic carbocycles. The molecule has 0 spiro atoms. The van der Waals surface area contributed by atoms with Gasteiger partial charge in [-0.2, -0.15) is 0 Å². The van der Waals surface area contributed by atoms with Crippen LogP contribution in [0, 0.1) is 0 Å². The van der Waals surface area contributed by atoms with Crippen LogP contribution in [0.25, 0.3) is 6.08 Å². The third-order valence-electron chi connectivity index (χ3n) is 4.29. The molecule has 1 N–H and O–H groups in total. The Hall–Kier alpha value is -2.78. The molecule has 3 rings (SSSR count). The highest BCUT2D eigenvalue weighted by atomic mass is 79.9. The Kier molecular flexibility index (Phi) is 6.84. The molecule has 9 heteroatoms. The highest BCUT2D eigenvalue weighted by Gasteiger charge is 2.32. The van der Waals surface area contributed by atoms with E-state index in [1.807, 2.05) is 6.92 Å². The molecule has 0 unspecified atom stereocenters. The monoisotopic (exact) mass is 490 g/mol. The van der Waals surface area contributed by atoms with Gasteiger partial charge in [0.1, 0.15) is 0 Å². The van der Waals surface area contributed by atoms with Gasteiger partial charge in [-0.1, -0.05) is 0 Å². The second-order valence-corrected chi connectivity index (χ2v) is 8.01. The lowest BCUT2D eigenvalue weighted by molar-refractivity contribution is -0.122. The van der Waals surface area contributed by atoms with Crippen molar-refractivity contribution in [2.75, 3.05) is 20.8 Å². The van der Waals surface area contributed by atoms with Gasteiger partial charge < -0.3 is 14.6 Å². The van der Waals surface area contributed by atoms with Crippen LogP contribution >= 0.6 is 27.7 Å². The molecule has 1 aliphatic rings. The zero-order valence-corrected chi connectivity index (χ0v) is 18.9. The minimum absolute atomic E-state index is 0.00195. The van der Waals surface area contributed by atoms with E-state index in [2.05, 4.69) is 20.9 Å². The number of aliphatic imine (C=N–C) groups is 1. The summed E-state index contributed by atoms with van der Waals surface area (Å²) in [6.07, 6.45) is 1.73.